The third-order valence-electron chi connectivity index (χ3n) is 2.39. The zero-order valence-electron chi connectivity index (χ0n) is 10.4. The van der Waals surface area contributed by atoms with Gasteiger partial charge in [0.2, 0.25) is 5.95 Å². The molecule has 7 nitrogen and oxygen atoms in total. The fourth-order valence-electron chi connectivity index (χ4n) is 1.51. The Morgan fingerprint density at radius 1 is 1.43 bits per heavy atom. The molecule has 0 atom stereocenters. The lowest BCUT2D eigenvalue weighted by Gasteiger charge is -2.07. The number of aromatic nitrogens is 2. The fraction of sp³-hybridized carbons (Fsp3) is 0. The summed E-state index contributed by atoms with van der Waals surface area (Å²) in [4.78, 5) is 16.0. The highest BCUT2D eigenvalue weighted by atomic mass is 32.2. The molecule has 0 bridgehead atoms. The van der Waals surface area contributed by atoms with E-state index in [2.05, 4.69) is 14.7 Å². The molecule has 110 valence electrons. The van der Waals surface area contributed by atoms with E-state index in [0.717, 1.165) is 24.3 Å². The number of halogens is 1. The summed E-state index contributed by atoms with van der Waals surface area (Å²) in [6.07, 6.45) is 4.73. The first-order chi connectivity index (χ1) is 9.88. The van der Waals surface area contributed by atoms with Crippen molar-refractivity contribution >= 4 is 28.0 Å². The number of carboxylic acid groups (broad SMARTS) is 1. The summed E-state index contributed by atoms with van der Waals surface area (Å²) in [7, 11) is -4.12. The van der Waals surface area contributed by atoms with E-state index in [9.17, 15) is 17.6 Å². The van der Waals surface area contributed by atoms with Crippen molar-refractivity contribution in [2.75, 3.05) is 4.72 Å². The van der Waals surface area contributed by atoms with Gasteiger partial charge in [0.15, 0.2) is 0 Å². The number of carbonyl (C=O) groups is 1. The Balaban J connectivity index is 2.30. The van der Waals surface area contributed by atoms with Crippen LogP contribution >= 0.6 is 0 Å². The van der Waals surface area contributed by atoms with Crippen molar-refractivity contribution in [3.63, 3.8) is 0 Å². The van der Waals surface area contributed by atoms with Crippen LogP contribution in [0.15, 0.2) is 41.6 Å². The first kappa shape index (κ1) is 14.7. The van der Waals surface area contributed by atoms with E-state index >= 15 is 0 Å². The van der Waals surface area contributed by atoms with Gasteiger partial charge in [-0.15, -0.1) is 0 Å². The number of sulfonamides is 1. The van der Waals surface area contributed by atoms with E-state index in [1.54, 1.807) is 0 Å². The molecule has 0 amide bonds. The van der Waals surface area contributed by atoms with Crippen molar-refractivity contribution in [2.45, 2.75) is 4.90 Å². The predicted octanol–water partition coefficient (Wildman–Crippen LogP) is 1.45. The second-order valence-electron chi connectivity index (χ2n) is 3.90. The van der Waals surface area contributed by atoms with Crippen LogP contribution in [-0.2, 0) is 14.8 Å². The first-order valence-corrected chi connectivity index (χ1v) is 7.09. The Bertz CT molecular complexity index is 785. The number of hydrogen-bond donors (Lipinski definition) is 3. The molecule has 0 fully saturated rings. The maximum Gasteiger partial charge on any atom is 0.328 e. The zero-order valence-corrected chi connectivity index (χ0v) is 11.3. The number of nitrogens with one attached hydrogen (secondary N) is 2. The molecule has 0 aliphatic rings. The van der Waals surface area contributed by atoms with Crippen LogP contribution in [0.4, 0.5) is 10.3 Å². The van der Waals surface area contributed by atoms with Gasteiger partial charge in [0.25, 0.3) is 10.0 Å². The van der Waals surface area contributed by atoms with Crippen molar-refractivity contribution in [2.24, 2.45) is 0 Å². The van der Waals surface area contributed by atoms with Crippen LogP contribution in [0, 0.1) is 5.82 Å². The van der Waals surface area contributed by atoms with Crippen LogP contribution in [0.25, 0.3) is 6.08 Å². The van der Waals surface area contributed by atoms with E-state index in [1.807, 2.05) is 0 Å². The molecule has 0 saturated carbocycles. The maximum atomic E-state index is 13.9. The van der Waals surface area contributed by atoms with E-state index in [0.29, 0.717) is 0 Å². The smallest absolute Gasteiger partial charge is 0.328 e. The Morgan fingerprint density at radius 3 is 2.76 bits per heavy atom. The molecule has 1 aromatic carbocycles. The van der Waals surface area contributed by atoms with Crippen LogP contribution in [0.1, 0.15) is 5.56 Å². The van der Waals surface area contributed by atoms with Gasteiger partial charge in [-0.2, -0.15) is 0 Å². The quantitative estimate of drug-likeness (QED) is 0.723. The van der Waals surface area contributed by atoms with Crippen molar-refractivity contribution in [3.8, 4) is 0 Å². The maximum absolute atomic E-state index is 13.9. The number of carboxylic acids is 1. The normalized spacial score (nSPS) is 11.7. The van der Waals surface area contributed by atoms with Crippen LogP contribution in [-0.4, -0.2) is 29.5 Å². The molecule has 2 aromatic rings. The molecule has 2 rings (SSSR count). The Hall–Kier alpha value is -2.68. The number of aliphatic carboxylic acids is 1. The van der Waals surface area contributed by atoms with Gasteiger partial charge in [0.1, 0.15) is 10.7 Å². The molecule has 0 aliphatic heterocycles. The highest BCUT2D eigenvalue weighted by molar-refractivity contribution is 7.92. The van der Waals surface area contributed by atoms with Crippen LogP contribution in [0.2, 0.25) is 0 Å². The monoisotopic (exact) mass is 311 g/mol. The molecule has 0 radical (unpaired) electrons. The van der Waals surface area contributed by atoms with Crippen molar-refractivity contribution in [3.05, 3.63) is 48.0 Å². The van der Waals surface area contributed by atoms with Crippen LogP contribution in [0.3, 0.4) is 0 Å². The first-order valence-electron chi connectivity index (χ1n) is 5.61. The second-order valence-corrected chi connectivity index (χ2v) is 5.56. The lowest BCUT2D eigenvalue weighted by Crippen LogP contribution is -2.15. The lowest BCUT2D eigenvalue weighted by molar-refractivity contribution is -0.131. The van der Waals surface area contributed by atoms with E-state index in [-0.39, 0.29) is 11.5 Å². The summed E-state index contributed by atoms with van der Waals surface area (Å²) >= 11 is 0. The molecule has 0 saturated heterocycles. The summed E-state index contributed by atoms with van der Waals surface area (Å²) in [5.41, 5.74) is 0.229. The van der Waals surface area contributed by atoms with Gasteiger partial charge < -0.3 is 10.1 Å². The van der Waals surface area contributed by atoms with Crippen LogP contribution in [0.5, 0.6) is 0 Å². The van der Waals surface area contributed by atoms with Gasteiger partial charge >= 0.3 is 5.97 Å². The lowest BCUT2D eigenvalue weighted by atomic mass is 10.2. The standard InChI is InChI=1S/C12H10FN3O4S/c13-9-7-8(2-4-11(17)18)1-3-10(9)21(19,20)16-12-14-5-6-15-12/h1-7H,(H,17,18)(H2,14,15,16)/b4-2+. The van der Waals surface area contributed by atoms with Crippen molar-refractivity contribution in [1.29, 1.82) is 0 Å². The van der Waals surface area contributed by atoms with Gasteiger partial charge in [0.05, 0.1) is 0 Å². The highest BCUT2D eigenvalue weighted by Crippen LogP contribution is 2.19. The van der Waals surface area contributed by atoms with Gasteiger partial charge in [-0.25, -0.2) is 27.3 Å². The fourth-order valence-corrected chi connectivity index (χ4v) is 2.55. The molecule has 0 spiro atoms. The topological polar surface area (TPSA) is 112 Å². The number of benzene rings is 1. The molecule has 1 aromatic heterocycles. The summed E-state index contributed by atoms with van der Waals surface area (Å²) in [6.45, 7) is 0. The molecule has 0 aliphatic carbocycles. The Morgan fingerprint density at radius 2 is 2.19 bits per heavy atom. The number of anilines is 1. The second kappa shape index (κ2) is 5.75. The van der Waals surface area contributed by atoms with Gasteiger partial charge in [0, 0.05) is 18.5 Å². The minimum absolute atomic E-state index is 0.0377. The summed E-state index contributed by atoms with van der Waals surface area (Å²) in [5, 5.41) is 8.47. The van der Waals surface area contributed by atoms with Crippen LogP contribution < -0.4 is 4.72 Å². The summed E-state index contributed by atoms with van der Waals surface area (Å²) in [5.74, 6) is -2.22. The number of imidazole rings is 1. The molecule has 21 heavy (non-hydrogen) atoms. The Kier molecular flexibility index (Phi) is 4.03. The minimum Gasteiger partial charge on any atom is -0.478 e. The van der Waals surface area contributed by atoms with Crippen molar-refractivity contribution < 1.29 is 22.7 Å². The number of aromatic amines is 1. The molecule has 3 N–H and O–H groups in total. The van der Waals surface area contributed by atoms with Gasteiger partial charge in [-0.1, -0.05) is 6.07 Å². The number of H-pyrrole nitrogens is 1. The van der Waals surface area contributed by atoms with Gasteiger partial charge in [-0.3, -0.25) is 0 Å². The van der Waals surface area contributed by atoms with Crippen molar-refractivity contribution in [1.82, 2.24) is 9.97 Å². The average molecular weight is 311 g/mol. The summed E-state index contributed by atoms with van der Waals surface area (Å²) < 4.78 is 39.9. The largest absolute Gasteiger partial charge is 0.478 e. The third-order valence-corrected chi connectivity index (χ3v) is 3.77. The number of nitrogens with zero attached hydrogens (tertiary/aromatic N) is 1. The zero-order chi connectivity index (χ0) is 15.5. The summed E-state index contributed by atoms with van der Waals surface area (Å²) in [6, 6.07) is 3.26. The van der Waals surface area contributed by atoms with E-state index in [4.69, 9.17) is 5.11 Å². The van der Waals surface area contributed by atoms with Gasteiger partial charge in [-0.05, 0) is 23.8 Å². The molecule has 0 unspecified atom stereocenters. The molecule has 9 heteroatoms. The SMILES string of the molecule is O=C(O)/C=C/c1ccc(S(=O)(=O)Nc2ncc[nH]2)c(F)c1. The molecular weight excluding hydrogens is 301 g/mol. The highest BCUT2D eigenvalue weighted by Gasteiger charge is 2.20. The molecule has 1 heterocycles. The van der Waals surface area contributed by atoms with E-state index in [1.165, 1.54) is 18.5 Å². The number of rotatable bonds is 5. The number of hydrogen-bond acceptors (Lipinski definition) is 4. The third kappa shape index (κ3) is 3.66. The molecular formula is C12H10FN3O4S. The average Bonchev–Trinajstić information content (AvgIpc) is 2.88. The Labute approximate surface area is 119 Å². The predicted molar refractivity (Wildman–Crippen MR) is 72.5 cm³/mol. The van der Waals surface area contributed by atoms with E-state index < -0.39 is 26.7 Å². The minimum atomic E-state index is -4.12.